The lowest BCUT2D eigenvalue weighted by Gasteiger charge is -2.36. The first-order valence-corrected chi connectivity index (χ1v) is 9.65. The molecule has 1 N–H and O–H groups in total. The molecule has 136 valence electrons. The maximum absolute atomic E-state index is 12.0. The first-order valence-electron chi connectivity index (χ1n) is 9.65. The summed E-state index contributed by atoms with van der Waals surface area (Å²) in [5.74, 6) is 0.581. The molecule has 0 radical (unpaired) electrons. The van der Waals surface area contributed by atoms with Crippen molar-refractivity contribution in [3.05, 3.63) is 30.3 Å². The van der Waals surface area contributed by atoms with Gasteiger partial charge in [-0.2, -0.15) is 5.10 Å². The number of rotatable bonds is 6. The maximum Gasteiger partial charge on any atom is 0.241 e. The van der Waals surface area contributed by atoms with Crippen LogP contribution in [-0.2, 0) is 4.79 Å². The van der Waals surface area contributed by atoms with Gasteiger partial charge >= 0.3 is 0 Å². The van der Waals surface area contributed by atoms with Gasteiger partial charge in [-0.15, -0.1) is 0 Å². The lowest BCUT2D eigenvalue weighted by Crippen LogP contribution is -2.47. The molecular formula is C20H30N4O. The number of carbonyl (C=O) groups excluding carboxylic acids is 1. The van der Waals surface area contributed by atoms with Gasteiger partial charge in [-0.05, 0) is 30.9 Å². The number of nitrogens with one attached hydrogen (secondary N) is 1. The van der Waals surface area contributed by atoms with Gasteiger partial charge in [-0.1, -0.05) is 37.5 Å². The average Bonchev–Trinajstić information content (AvgIpc) is 2.68. The summed E-state index contributed by atoms with van der Waals surface area (Å²) in [5, 5.41) is 4.16. The molecule has 0 spiro atoms. The molecule has 1 saturated carbocycles. The smallest absolute Gasteiger partial charge is 0.241 e. The predicted molar refractivity (Wildman–Crippen MR) is 103 cm³/mol. The summed E-state index contributed by atoms with van der Waals surface area (Å²) in [6.45, 7) is 4.87. The molecule has 0 bridgehead atoms. The SMILES string of the molecule is O=C(CCN1CCN(c2ccccc2)CC1)N/N=C\C1CCCCC1. The third-order valence-electron chi connectivity index (χ3n) is 5.27. The fraction of sp³-hybridized carbons (Fsp3) is 0.600. The average molecular weight is 342 g/mol. The summed E-state index contributed by atoms with van der Waals surface area (Å²) in [5.41, 5.74) is 3.99. The summed E-state index contributed by atoms with van der Waals surface area (Å²) in [7, 11) is 0. The number of para-hydroxylation sites is 1. The molecule has 2 aliphatic rings. The minimum Gasteiger partial charge on any atom is -0.369 e. The van der Waals surface area contributed by atoms with Crippen LogP contribution in [0.3, 0.4) is 0 Å². The van der Waals surface area contributed by atoms with Crippen LogP contribution in [0.15, 0.2) is 35.4 Å². The first-order chi connectivity index (χ1) is 12.3. The van der Waals surface area contributed by atoms with Gasteiger partial charge in [-0.3, -0.25) is 9.69 Å². The van der Waals surface area contributed by atoms with Crippen LogP contribution in [0.25, 0.3) is 0 Å². The van der Waals surface area contributed by atoms with Crippen molar-refractivity contribution < 1.29 is 4.79 Å². The lowest BCUT2D eigenvalue weighted by atomic mass is 9.90. The molecule has 1 aromatic rings. The second-order valence-electron chi connectivity index (χ2n) is 7.13. The molecule has 0 unspecified atom stereocenters. The fourth-order valence-electron chi connectivity index (χ4n) is 3.68. The van der Waals surface area contributed by atoms with E-state index in [9.17, 15) is 4.79 Å². The number of piperazine rings is 1. The van der Waals surface area contributed by atoms with E-state index in [-0.39, 0.29) is 5.91 Å². The number of hydrazone groups is 1. The highest BCUT2D eigenvalue weighted by Crippen LogP contribution is 2.21. The van der Waals surface area contributed by atoms with Crippen molar-refractivity contribution in [2.75, 3.05) is 37.6 Å². The van der Waals surface area contributed by atoms with Crippen molar-refractivity contribution in [1.29, 1.82) is 0 Å². The highest BCUT2D eigenvalue weighted by Gasteiger charge is 2.17. The molecule has 1 aromatic carbocycles. The highest BCUT2D eigenvalue weighted by molar-refractivity contribution is 5.77. The first kappa shape index (κ1) is 17.9. The molecule has 25 heavy (non-hydrogen) atoms. The fourth-order valence-corrected chi connectivity index (χ4v) is 3.68. The second kappa shape index (κ2) is 9.56. The Morgan fingerprint density at radius 3 is 2.52 bits per heavy atom. The van der Waals surface area contributed by atoms with Crippen molar-refractivity contribution >= 4 is 17.8 Å². The van der Waals surface area contributed by atoms with Crippen LogP contribution >= 0.6 is 0 Å². The molecule has 1 saturated heterocycles. The number of carbonyl (C=O) groups is 1. The van der Waals surface area contributed by atoms with Gasteiger partial charge in [0.1, 0.15) is 0 Å². The lowest BCUT2D eigenvalue weighted by molar-refractivity contribution is -0.121. The standard InChI is InChI=1S/C20H30N4O/c25-20(22-21-17-18-7-3-1-4-8-18)11-12-23-13-15-24(16-14-23)19-9-5-2-6-10-19/h2,5-6,9-10,17-18H,1,3-4,7-8,11-16H2,(H,22,25)/b21-17-. The molecule has 2 fully saturated rings. The Bertz CT molecular complexity index is 546. The Kier molecular flexibility index (Phi) is 6.86. The molecule has 5 heteroatoms. The van der Waals surface area contributed by atoms with E-state index in [1.165, 1.54) is 37.8 Å². The quantitative estimate of drug-likeness (QED) is 0.639. The number of hydrogen-bond donors (Lipinski definition) is 1. The summed E-state index contributed by atoms with van der Waals surface area (Å²) < 4.78 is 0. The van der Waals surface area contributed by atoms with Crippen molar-refractivity contribution in [1.82, 2.24) is 10.3 Å². The maximum atomic E-state index is 12.0. The second-order valence-corrected chi connectivity index (χ2v) is 7.13. The van der Waals surface area contributed by atoms with E-state index >= 15 is 0 Å². The zero-order valence-electron chi connectivity index (χ0n) is 15.1. The normalized spacial score (nSPS) is 20.1. The van der Waals surface area contributed by atoms with Gasteiger partial charge in [0.05, 0.1) is 0 Å². The van der Waals surface area contributed by atoms with E-state index in [2.05, 4.69) is 50.7 Å². The topological polar surface area (TPSA) is 47.9 Å². The van der Waals surface area contributed by atoms with Crippen LogP contribution in [-0.4, -0.2) is 49.7 Å². The highest BCUT2D eigenvalue weighted by atomic mass is 16.2. The van der Waals surface area contributed by atoms with Crippen molar-refractivity contribution in [2.45, 2.75) is 38.5 Å². The number of amides is 1. The Labute approximate surface area is 151 Å². The van der Waals surface area contributed by atoms with Gasteiger partial charge < -0.3 is 4.90 Å². The molecule has 1 aliphatic heterocycles. The van der Waals surface area contributed by atoms with Crippen LogP contribution in [0.2, 0.25) is 0 Å². The summed E-state index contributed by atoms with van der Waals surface area (Å²) >= 11 is 0. The van der Waals surface area contributed by atoms with Crippen molar-refractivity contribution in [3.8, 4) is 0 Å². The van der Waals surface area contributed by atoms with Crippen molar-refractivity contribution in [3.63, 3.8) is 0 Å². The molecule has 1 aliphatic carbocycles. The van der Waals surface area contributed by atoms with Gasteiger partial charge in [0, 0.05) is 51.0 Å². The third-order valence-corrected chi connectivity index (χ3v) is 5.27. The van der Waals surface area contributed by atoms with E-state index in [1.807, 2.05) is 6.21 Å². The van der Waals surface area contributed by atoms with Crippen LogP contribution < -0.4 is 10.3 Å². The molecule has 0 atom stereocenters. The van der Waals surface area contributed by atoms with Gasteiger partial charge in [0.25, 0.3) is 0 Å². The zero-order chi connectivity index (χ0) is 17.3. The Morgan fingerprint density at radius 2 is 1.80 bits per heavy atom. The van der Waals surface area contributed by atoms with Gasteiger partial charge in [-0.25, -0.2) is 5.43 Å². The van der Waals surface area contributed by atoms with E-state index in [1.54, 1.807) is 0 Å². The summed E-state index contributed by atoms with van der Waals surface area (Å²) in [6, 6.07) is 10.5. The Hall–Kier alpha value is -1.88. The van der Waals surface area contributed by atoms with E-state index in [0.717, 1.165) is 32.7 Å². The monoisotopic (exact) mass is 342 g/mol. The Morgan fingerprint density at radius 1 is 1.08 bits per heavy atom. The van der Waals surface area contributed by atoms with Crippen molar-refractivity contribution in [2.24, 2.45) is 11.0 Å². The summed E-state index contributed by atoms with van der Waals surface area (Å²) in [6.07, 6.45) is 8.81. The molecule has 1 amide bonds. The van der Waals surface area contributed by atoms with Crippen LogP contribution in [0.5, 0.6) is 0 Å². The minimum atomic E-state index is 0.0255. The number of anilines is 1. The number of hydrogen-bond acceptors (Lipinski definition) is 4. The van der Waals surface area contributed by atoms with Crippen LogP contribution in [0.4, 0.5) is 5.69 Å². The van der Waals surface area contributed by atoms with Gasteiger partial charge in [0.2, 0.25) is 5.91 Å². The van der Waals surface area contributed by atoms with E-state index < -0.39 is 0 Å². The predicted octanol–water partition coefficient (Wildman–Crippen LogP) is 2.88. The molecule has 3 rings (SSSR count). The van der Waals surface area contributed by atoms with Gasteiger partial charge in [0.15, 0.2) is 0 Å². The molecular weight excluding hydrogens is 312 g/mol. The zero-order valence-corrected chi connectivity index (χ0v) is 15.1. The number of benzene rings is 1. The molecule has 0 aromatic heterocycles. The van der Waals surface area contributed by atoms with E-state index in [4.69, 9.17) is 0 Å². The number of nitrogens with zero attached hydrogens (tertiary/aromatic N) is 3. The molecule has 1 heterocycles. The van der Waals surface area contributed by atoms with Crippen LogP contribution in [0.1, 0.15) is 38.5 Å². The third kappa shape index (κ3) is 5.85. The van der Waals surface area contributed by atoms with E-state index in [0.29, 0.717) is 12.3 Å². The Balaban J connectivity index is 1.31. The van der Waals surface area contributed by atoms with Crippen LogP contribution in [0, 0.1) is 5.92 Å². The largest absolute Gasteiger partial charge is 0.369 e. The minimum absolute atomic E-state index is 0.0255. The molecule has 5 nitrogen and oxygen atoms in total. The summed E-state index contributed by atoms with van der Waals surface area (Å²) in [4.78, 5) is 16.7.